The minimum absolute atomic E-state index is 0.0192. The fraction of sp³-hybridized carbons (Fsp3) is 0.875. The summed E-state index contributed by atoms with van der Waals surface area (Å²) in [6.07, 6.45) is 8.15. The Morgan fingerprint density at radius 3 is 2.55 bits per heavy atom. The lowest BCUT2D eigenvalue weighted by molar-refractivity contribution is -0.141. The van der Waals surface area contributed by atoms with Crippen molar-refractivity contribution in [2.24, 2.45) is 5.92 Å². The number of hydrogen-bond acceptors (Lipinski definition) is 3. The van der Waals surface area contributed by atoms with E-state index in [0.717, 1.165) is 44.6 Å². The standard InChI is InChI=1S/C16H28N2O2/c1-12(2)7-5-6-10-17-14-11-15(19)18(16(14)20)13-8-3-4-9-13/h12-14,17H,3-11H2,1-2H3. The van der Waals surface area contributed by atoms with Crippen molar-refractivity contribution in [1.82, 2.24) is 10.2 Å². The molecule has 2 fully saturated rings. The Bertz CT molecular complexity index is 348. The maximum absolute atomic E-state index is 12.3. The van der Waals surface area contributed by atoms with Crippen molar-refractivity contribution in [3.8, 4) is 0 Å². The van der Waals surface area contributed by atoms with Crippen molar-refractivity contribution in [3.63, 3.8) is 0 Å². The van der Waals surface area contributed by atoms with Gasteiger partial charge in [0.05, 0.1) is 12.5 Å². The molecule has 0 spiro atoms. The molecule has 20 heavy (non-hydrogen) atoms. The highest BCUT2D eigenvalue weighted by Gasteiger charge is 2.42. The molecule has 1 aliphatic carbocycles. The van der Waals surface area contributed by atoms with Gasteiger partial charge in [-0.2, -0.15) is 0 Å². The molecule has 1 unspecified atom stereocenters. The number of nitrogens with one attached hydrogen (secondary N) is 1. The van der Waals surface area contributed by atoms with Gasteiger partial charge >= 0.3 is 0 Å². The van der Waals surface area contributed by atoms with Gasteiger partial charge in [-0.15, -0.1) is 0 Å². The Morgan fingerprint density at radius 1 is 1.20 bits per heavy atom. The maximum Gasteiger partial charge on any atom is 0.247 e. The Morgan fingerprint density at radius 2 is 1.90 bits per heavy atom. The van der Waals surface area contributed by atoms with Crippen LogP contribution in [0.1, 0.15) is 65.2 Å². The lowest BCUT2D eigenvalue weighted by atomic mass is 10.1. The Balaban J connectivity index is 1.73. The molecule has 2 rings (SSSR count). The van der Waals surface area contributed by atoms with Crippen molar-refractivity contribution in [2.45, 2.75) is 77.3 Å². The molecule has 0 bridgehead atoms. The summed E-state index contributed by atoms with van der Waals surface area (Å²) in [5.74, 6) is 0.787. The third-order valence-electron chi connectivity index (χ3n) is 4.47. The van der Waals surface area contributed by atoms with Crippen molar-refractivity contribution < 1.29 is 9.59 Å². The van der Waals surface area contributed by atoms with E-state index in [1.54, 1.807) is 4.90 Å². The van der Waals surface area contributed by atoms with E-state index in [2.05, 4.69) is 19.2 Å². The van der Waals surface area contributed by atoms with E-state index >= 15 is 0 Å². The first-order valence-electron chi connectivity index (χ1n) is 8.19. The molecule has 1 saturated heterocycles. The Hall–Kier alpha value is -0.900. The van der Waals surface area contributed by atoms with Gasteiger partial charge in [0, 0.05) is 6.04 Å². The predicted molar refractivity (Wildman–Crippen MR) is 79.2 cm³/mol. The molecule has 4 heteroatoms. The second-order valence-electron chi connectivity index (χ2n) is 6.64. The van der Waals surface area contributed by atoms with Crippen LogP contribution in [0.4, 0.5) is 0 Å². The number of nitrogens with zero attached hydrogens (tertiary/aromatic N) is 1. The van der Waals surface area contributed by atoms with Gasteiger partial charge in [0.1, 0.15) is 0 Å². The third kappa shape index (κ3) is 3.81. The van der Waals surface area contributed by atoms with Gasteiger partial charge in [-0.25, -0.2) is 0 Å². The van der Waals surface area contributed by atoms with Crippen molar-refractivity contribution >= 4 is 11.8 Å². The molecule has 1 atom stereocenters. The quantitative estimate of drug-likeness (QED) is 0.576. The first kappa shape index (κ1) is 15.5. The van der Waals surface area contributed by atoms with E-state index in [0.29, 0.717) is 6.42 Å². The summed E-state index contributed by atoms with van der Waals surface area (Å²) in [4.78, 5) is 25.9. The molecule has 114 valence electrons. The van der Waals surface area contributed by atoms with E-state index in [-0.39, 0.29) is 23.9 Å². The van der Waals surface area contributed by atoms with Gasteiger partial charge in [-0.3, -0.25) is 14.5 Å². The Kier molecular flexibility index (Phi) is 5.58. The summed E-state index contributed by atoms with van der Waals surface area (Å²) in [6, 6.07) is -0.0788. The summed E-state index contributed by atoms with van der Waals surface area (Å²) in [6.45, 7) is 5.30. The average molecular weight is 280 g/mol. The molecule has 1 saturated carbocycles. The molecule has 0 aromatic carbocycles. The first-order valence-corrected chi connectivity index (χ1v) is 8.19. The lowest BCUT2D eigenvalue weighted by Crippen LogP contribution is -2.43. The molecule has 2 aliphatic rings. The highest BCUT2D eigenvalue weighted by Crippen LogP contribution is 2.28. The summed E-state index contributed by atoms with van der Waals surface area (Å²) < 4.78 is 0. The van der Waals surface area contributed by atoms with Crippen LogP contribution in [0.3, 0.4) is 0 Å². The van der Waals surface area contributed by atoms with Crippen LogP contribution in [-0.4, -0.2) is 35.3 Å². The average Bonchev–Trinajstić information content (AvgIpc) is 2.98. The monoisotopic (exact) mass is 280 g/mol. The van der Waals surface area contributed by atoms with Crippen LogP contribution in [0.25, 0.3) is 0 Å². The van der Waals surface area contributed by atoms with Crippen molar-refractivity contribution in [1.29, 1.82) is 0 Å². The van der Waals surface area contributed by atoms with Crippen LogP contribution >= 0.6 is 0 Å². The molecule has 1 N–H and O–H groups in total. The van der Waals surface area contributed by atoms with Gasteiger partial charge in [0.25, 0.3) is 0 Å². The number of unbranched alkanes of at least 4 members (excludes halogenated alkanes) is 1. The van der Waals surface area contributed by atoms with Gasteiger partial charge in [-0.05, 0) is 31.7 Å². The largest absolute Gasteiger partial charge is 0.305 e. The van der Waals surface area contributed by atoms with Gasteiger partial charge < -0.3 is 5.32 Å². The predicted octanol–water partition coefficient (Wildman–Crippen LogP) is 2.47. The van der Waals surface area contributed by atoms with Gasteiger partial charge in [0.15, 0.2) is 0 Å². The second kappa shape index (κ2) is 7.21. The maximum atomic E-state index is 12.3. The van der Waals surface area contributed by atoms with Crippen LogP contribution in [0.15, 0.2) is 0 Å². The number of likely N-dealkylation sites (tertiary alicyclic amines) is 1. The smallest absolute Gasteiger partial charge is 0.247 e. The highest BCUT2D eigenvalue weighted by molar-refractivity contribution is 6.05. The summed E-state index contributed by atoms with van der Waals surface area (Å²) in [5.41, 5.74) is 0. The van der Waals surface area contributed by atoms with Crippen LogP contribution in [0.5, 0.6) is 0 Å². The Labute approximate surface area is 122 Å². The van der Waals surface area contributed by atoms with Crippen molar-refractivity contribution in [2.75, 3.05) is 6.54 Å². The molecular weight excluding hydrogens is 252 g/mol. The van der Waals surface area contributed by atoms with Crippen LogP contribution < -0.4 is 5.32 Å². The van der Waals surface area contributed by atoms with E-state index in [4.69, 9.17) is 0 Å². The van der Waals surface area contributed by atoms with E-state index in [1.165, 1.54) is 12.8 Å². The van der Waals surface area contributed by atoms with Crippen molar-refractivity contribution in [3.05, 3.63) is 0 Å². The molecule has 1 aliphatic heterocycles. The number of rotatable bonds is 7. The van der Waals surface area contributed by atoms with Gasteiger partial charge in [-0.1, -0.05) is 39.5 Å². The molecule has 0 aromatic heterocycles. The third-order valence-corrected chi connectivity index (χ3v) is 4.47. The normalized spacial score (nSPS) is 24.4. The fourth-order valence-corrected chi connectivity index (χ4v) is 3.31. The summed E-state index contributed by atoms with van der Waals surface area (Å²) in [5, 5.41) is 3.28. The minimum Gasteiger partial charge on any atom is -0.305 e. The fourth-order valence-electron chi connectivity index (χ4n) is 3.31. The van der Waals surface area contributed by atoms with E-state index in [9.17, 15) is 9.59 Å². The second-order valence-corrected chi connectivity index (χ2v) is 6.64. The number of imide groups is 1. The zero-order chi connectivity index (χ0) is 14.5. The van der Waals surface area contributed by atoms with Crippen LogP contribution in [-0.2, 0) is 9.59 Å². The molecular formula is C16H28N2O2. The molecule has 1 heterocycles. The zero-order valence-electron chi connectivity index (χ0n) is 12.9. The van der Waals surface area contributed by atoms with E-state index in [1.807, 2.05) is 0 Å². The number of hydrogen-bond donors (Lipinski definition) is 1. The summed E-state index contributed by atoms with van der Waals surface area (Å²) in [7, 11) is 0. The first-order chi connectivity index (χ1) is 9.59. The SMILES string of the molecule is CC(C)CCCCNC1CC(=O)N(C2CCCC2)C1=O. The molecule has 0 radical (unpaired) electrons. The van der Waals surface area contributed by atoms with Gasteiger partial charge in [0.2, 0.25) is 11.8 Å². The van der Waals surface area contributed by atoms with E-state index < -0.39 is 0 Å². The highest BCUT2D eigenvalue weighted by atomic mass is 16.2. The minimum atomic E-state index is -0.262. The zero-order valence-corrected chi connectivity index (χ0v) is 12.9. The topological polar surface area (TPSA) is 49.4 Å². The lowest BCUT2D eigenvalue weighted by Gasteiger charge is -2.22. The molecule has 2 amide bonds. The molecule has 0 aromatic rings. The number of carbonyl (C=O) groups is 2. The van der Waals surface area contributed by atoms with Crippen LogP contribution in [0, 0.1) is 5.92 Å². The number of amides is 2. The molecule has 4 nitrogen and oxygen atoms in total. The number of carbonyl (C=O) groups excluding carboxylic acids is 2. The summed E-state index contributed by atoms with van der Waals surface area (Å²) >= 11 is 0. The van der Waals surface area contributed by atoms with Crippen LogP contribution in [0.2, 0.25) is 0 Å².